The third kappa shape index (κ3) is 3.03. The summed E-state index contributed by atoms with van der Waals surface area (Å²) in [6.07, 6.45) is 4.29. The van der Waals surface area contributed by atoms with E-state index in [0.717, 1.165) is 17.7 Å². The largest absolute Gasteiger partial charge is 0.386 e. The smallest absolute Gasteiger partial charge is 0.105 e. The molecule has 0 aromatic carbocycles. The van der Waals surface area contributed by atoms with E-state index in [-0.39, 0.29) is 6.10 Å². The van der Waals surface area contributed by atoms with E-state index in [0.29, 0.717) is 19.6 Å². The van der Waals surface area contributed by atoms with Crippen molar-refractivity contribution in [2.24, 2.45) is 0 Å². The summed E-state index contributed by atoms with van der Waals surface area (Å²) in [7, 11) is 0. The van der Waals surface area contributed by atoms with Gasteiger partial charge in [0.25, 0.3) is 0 Å². The van der Waals surface area contributed by atoms with Gasteiger partial charge in [0.1, 0.15) is 5.60 Å². The van der Waals surface area contributed by atoms with Crippen LogP contribution in [0.15, 0.2) is 18.5 Å². The molecule has 17 heavy (non-hydrogen) atoms. The number of ether oxygens (including phenoxy) is 1. The van der Waals surface area contributed by atoms with Gasteiger partial charge in [-0.3, -0.25) is 4.98 Å². The van der Waals surface area contributed by atoms with E-state index in [1.54, 1.807) is 0 Å². The minimum Gasteiger partial charge on any atom is -0.386 e. The molecular formula is C13H20N2O2. The molecule has 0 bridgehead atoms. The lowest BCUT2D eigenvalue weighted by atomic mass is 9.97. The highest BCUT2D eigenvalue weighted by Gasteiger charge is 2.38. The Balaban J connectivity index is 1.83. The summed E-state index contributed by atoms with van der Waals surface area (Å²) in [5.41, 5.74) is 1.57. The highest BCUT2D eigenvalue weighted by atomic mass is 16.5. The highest BCUT2D eigenvalue weighted by molar-refractivity contribution is 5.16. The summed E-state index contributed by atoms with van der Waals surface area (Å²) in [6.45, 7) is 5.87. The zero-order valence-corrected chi connectivity index (χ0v) is 10.4. The van der Waals surface area contributed by atoms with E-state index in [1.165, 1.54) is 0 Å². The molecule has 0 spiro atoms. The van der Waals surface area contributed by atoms with Gasteiger partial charge in [0.05, 0.1) is 6.10 Å². The zero-order valence-electron chi connectivity index (χ0n) is 10.4. The zero-order chi connectivity index (χ0) is 12.3. The lowest BCUT2D eigenvalue weighted by Gasteiger charge is -2.26. The van der Waals surface area contributed by atoms with Crippen molar-refractivity contribution in [1.82, 2.24) is 10.3 Å². The molecule has 0 saturated carbocycles. The van der Waals surface area contributed by atoms with Crippen LogP contribution in [-0.2, 0) is 11.3 Å². The van der Waals surface area contributed by atoms with Gasteiger partial charge in [0, 0.05) is 38.5 Å². The summed E-state index contributed by atoms with van der Waals surface area (Å²) in [4.78, 5) is 4.14. The molecule has 0 aliphatic carbocycles. The van der Waals surface area contributed by atoms with Crippen molar-refractivity contribution in [2.45, 2.75) is 38.5 Å². The van der Waals surface area contributed by atoms with Gasteiger partial charge in [-0.25, -0.2) is 0 Å². The molecule has 4 nitrogen and oxygen atoms in total. The van der Waals surface area contributed by atoms with Gasteiger partial charge in [0.2, 0.25) is 0 Å². The van der Waals surface area contributed by atoms with Crippen molar-refractivity contribution in [3.05, 3.63) is 29.6 Å². The molecule has 1 aromatic heterocycles. The third-order valence-corrected chi connectivity index (χ3v) is 3.35. The second kappa shape index (κ2) is 5.12. The fourth-order valence-electron chi connectivity index (χ4n) is 2.14. The molecule has 1 fully saturated rings. The number of pyridine rings is 1. The van der Waals surface area contributed by atoms with E-state index in [2.05, 4.69) is 16.4 Å². The van der Waals surface area contributed by atoms with E-state index in [1.807, 2.05) is 26.2 Å². The van der Waals surface area contributed by atoms with Crippen LogP contribution in [0.1, 0.15) is 24.5 Å². The Morgan fingerprint density at radius 1 is 1.59 bits per heavy atom. The van der Waals surface area contributed by atoms with Gasteiger partial charge in [-0.2, -0.15) is 0 Å². The first kappa shape index (κ1) is 12.5. The van der Waals surface area contributed by atoms with Gasteiger partial charge in [-0.05, 0) is 25.0 Å². The van der Waals surface area contributed by atoms with Crippen molar-refractivity contribution in [3.63, 3.8) is 0 Å². The summed E-state index contributed by atoms with van der Waals surface area (Å²) >= 11 is 0. The Labute approximate surface area is 102 Å². The number of nitrogens with one attached hydrogen (secondary N) is 1. The molecule has 1 saturated heterocycles. The predicted molar refractivity (Wildman–Crippen MR) is 65.7 cm³/mol. The lowest BCUT2D eigenvalue weighted by Crippen LogP contribution is -2.45. The minimum absolute atomic E-state index is 0.0920. The molecule has 1 aliphatic rings. The lowest BCUT2D eigenvalue weighted by molar-refractivity contribution is -0.0263. The van der Waals surface area contributed by atoms with Crippen LogP contribution in [0.25, 0.3) is 0 Å². The van der Waals surface area contributed by atoms with Crippen LogP contribution in [0.4, 0.5) is 0 Å². The molecule has 2 unspecified atom stereocenters. The Morgan fingerprint density at radius 3 is 3.06 bits per heavy atom. The van der Waals surface area contributed by atoms with Gasteiger partial charge >= 0.3 is 0 Å². The summed E-state index contributed by atoms with van der Waals surface area (Å²) < 4.78 is 5.39. The standard InChI is InChI=1S/C13H20N2O2/c1-10-5-12(7-14-6-10)8-15-9-13(16)3-4-17-11(13)2/h5-7,11,15-16H,3-4,8-9H2,1-2H3. The molecule has 1 aromatic rings. The molecule has 94 valence electrons. The number of aliphatic hydroxyl groups is 1. The number of hydrogen-bond donors (Lipinski definition) is 2. The second-order valence-electron chi connectivity index (χ2n) is 4.84. The highest BCUT2D eigenvalue weighted by Crippen LogP contribution is 2.24. The van der Waals surface area contributed by atoms with Crippen molar-refractivity contribution >= 4 is 0 Å². The number of rotatable bonds is 4. The first-order chi connectivity index (χ1) is 8.10. The Hall–Kier alpha value is -0.970. The fraction of sp³-hybridized carbons (Fsp3) is 0.615. The summed E-state index contributed by atoms with van der Waals surface area (Å²) in [6, 6.07) is 2.10. The van der Waals surface area contributed by atoms with Crippen LogP contribution >= 0.6 is 0 Å². The quantitative estimate of drug-likeness (QED) is 0.819. The topological polar surface area (TPSA) is 54.4 Å². The van der Waals surface area contributed by atoms with Crippen molar-refractivity contribution < 1.29 is 9.84 Å². The molecule has 4 heteroatoms. The van der Waals surface area contributed by atoms with Crippen molar-refractivity contribution in [1.29, 1.82) is 0 Å². The van der Waals surface area contributed by atoms with Gasteiger partial charge < -0.3 is 15.2 Å². The first-order valence-corrected chi connectivity index (χ1v) is 6.05. The van der Waals surface area contributed by atoms with Crippen molar-refractivity contribution in [2.75, 3.05) is 13.2 Å². The molecule has 2 heterocycles. The molecule has 2 N–H and O–H groups in total. The molecule has 0 radical (unpaired) electrons. The van der Waals surface area contributed by atoms with E-state index in [9.17, 15) is 5.11 Å². The van der Waals surface area contributed by atoms with Crippen LogP contribution < -0.4 is 5.32 Å². The molecule has 2 atom stereocenters. The normalized spacial score (nSPS) is 28.5. The van der Waals surface area contributed by atoms with Crippen LogP contribution in [0.5, 0.6) is 0 Å². The molecule has 1 aliphatic heterocycles. The SMILES string of the molecule is Cc1cncc(CNCC2(O)CCOC2C)c1. The summed E-state index contributed by atoms with van der Waals surface area (Å²) in [5, 5.41) is 13.6. The number of hydrogen-bond acceptors (Lipinski definition) is 4. The van der Waals surface area contributed by atoms with Gasteiger partial charge in [-0.1, -0.05) is 6.07 Å². The van der Waals surface area contributed by atoms with Crippen LogP contribution in [0.2, 0.25) is 0 Å². The van der Waals surface area contributed by atoms with Crippen LogP contribution in [0.3, 0.4) is 0 Å². The number of nitrogens with zero attached hydrogens (tertiary/aromatic N) is 1. The third-order valence-electron chi connectivity index (χ3n) is 3.35. The van der Waals surface area contributed by atoms with Gasteiger partial charge in [-0.15, -0.1) is 0 Å². The number of aryl methyl sites for hydroxylation is 1. The maximum absolute atomic E-state index is 10.3. The van der Waals surface area contributed by atoms with Crippen LogP contribution in [-0.4, -0.2) is 34.9 Å². The maximum atomic E-state index is 10.3. The average molecular weight is 236 g/mol. The van der Waals surface area contributed by atoms with E-state index in [4.69, 9.17) is 4.74 Å². The molecule has 0 amide bonds. The Bertz CT molecular complexity index is 383. The van der Waals surface area contributed by atoms with Crippen LogP contribution in [0, 0.1) is 6.92 Å². The van der Waals surface area contributed by atoms with E-state index < -0.39 is 5.60 Å². The molecule has 2 rings (SSSR count). The van der Waals surface area contributed by atoms with Crippen molar-refractivity contribution in [3.8, 4) is 0 Å². The fourth-order valence-corrected chi connectivity index (χ4v) is 2.14. The number of aromatic nitrogens is 1. The first-order valence-electron chi connectivity index (χ1n) is 6.05. The predicted octanol–water partition coefficient (Wildman–Crippen LogP) is 1.02. The van der Waals surface area contributed by atoms with Gasteiger partial charge in [0.15, 0.2) is 0 Å². The minimum atomic E-state index is -0.725. The monoisotopic (exact) mass is 236 g/mol. The van der Waals surface area contributed by atoms with E-state index >= 15 is 0 Å². The Kier molecular flexibility index (Phi) is 3.76. The Morgan fingerprint density at radius 2 is 2.41 bits per heavy atom. The molecular weight excluding hydrogens is 216 g/mol. The second-order valence-corrected chi connectivity index (χ2v) is 4.84. The maximum Gasteiger partial charge on any atom is 0.105 e. The summed E-state index contributed by atoms with van der Waals surface area (Å²) in [5.74, 6) is 0. The average Bonchev–Trinajstić information content (AvgIpc) is 2.60.